The molecule has 6 heteroatoms. The first-order valence-electron chi connectivity index (χ1n) is 6.45. The number of fused-ring (bicyclic) bond motifs is 1. The Morgan fingerprint density at radius 3 is 2.86 bits per heavy atom. The summed E-state index contributed by atoms with van der Waals surface area (Å²) in [5.74, 6) is -1.09. The Balaban J connectivity index is 1.82. The number of carbonyl (C=O) groups is 1. The molecule has 0 unspecified atom stereocenters. The summed E-state index contributed by atoms with van der Waals surface area (Å²) >= 11 is 0. The van der Waals surface area contributed by atoms with Crippen LogP contribution in [0.4, 0.5) is 0 Å². The molecule has 1 aromatic carbocycles. The highest BCUT2D eigenvalue weighted by Gasteiger charge is 2.19. The highest BCUT2D eigenvalue weighted by atomic mass is 16.4. The van der Waals surface area contributed by atoms with E-state index in [0.717, 1.165) is 11.1 Å². The molecule has 2 aromatic heterocycles. The van der Waals surface area contributed by atoms with Crippen LogP contribution in [0.2, 0.25) is 0 Å². The van der Waals surface area contributed by atoms with Crippen LogP contribution in [0.25, 0.3) is 11.0 Å². The predicted molar refractivity (Wildman–Crippen MR) is 75.7 cm³/mol. The summed E-state index contributed by atoms with van der Waals surface area (Å²) in [4.78, 5) is 19.2. The summed E-state index contributed by atoms with van der Waals surface area (Å²) in [7, 11) is 0. The fraction of sp³-hybridized carbons (Fsp3) is 0.133. The van der Waals surface area contributed by atoms with Gasteiger partial charge in [-0.2, -0.15) is 0 Å². The summed E-state index contributed by atoms with van der Waals surface area (Å²) in [6, 6.07) is 9.09. The average Bonchev–Trinajstić information content (AvgIpc) is 2.88. The maximum Gasteiger partial charge on any atom is 0.372 e. The highest BCUT2D eigenvalue weighted by Crippen LogP contribution is 2.25. The molecule has 3 rings (SSSR count). The van der Waals surface area contributed by atoms with Crippen LogP contribution in [-0.4, -0.2) is 21.0 Å². The molecule has 3 aromatic rings. The largest absolute Gasteiger partial charge is 0.475 e. The molecule has 2 N–H and O–H groups in total. The molecule has 106 valence electrons. The molecule has 0 aliphatic heterocycles. The van der Waals surface area contributed by atoms with Crippen LogP contribution in [0.1, 0.15) is 21.8 Å². The SMILES string of the molecule is O=C(O)c1oc2ccccc2c1CNCc1ccncn1. The van der Waals surface area contributed by atoms with Crippen LogP contribution >= 0.6 is 0 Å². The summed E-state index contributed by atoms with van der Waals surface area (Å²) in [5, 5.41) is 13.2. The number of para-hydroxylation sites is 1. The monoisotopic (exact) mass is 283 g/mol. The number of rotatable bonds is 5. The zero-order valence-corrected chi connectivity index (χ0v) is 11.1. The van der Waals surface area contributed by atoms with Crippen LogP contribution in [0, 0.1) is 0 Å². The zero-order valence-electron chi connectivity index (χ0n) is 11.1. The summed E-state index contributed by atoms with van der Waals surface area (Å²) in [6.45, 7) is 0.920. The molecule has 0 saturated heterocycles. The van der Waals surface area contributed by atoms with E-state index in [-0.39, 0.29) is 5.76 Å². The molecule has 0 atom stereocenters. The van der Waals surface area contributed by atoms with Gasteiger partial charge in [-0.1, -0.05) is 18.2 Å². The Morgan fingerprint density at radius 2 is 2.10 bits per heavy atom. The minimum atomic E-state index is -1.06. The molecule has 0 aliphatic carbocycles. The lowest BCUT2D eigenvalue weighted by molar-refractivity contribution is 0.0663. The second kappa shape index (κ2) is 5.72. The van der Waals surface area contributed by atoms with Crippen molar-refractivity contribution in [3.8, 4) is 0 Å². The molecule has 0 saturated carbocycles. The third-order valence-corrected chi connectivity index (χ3v) is 3.14. The van der Waals surface area contributed by atoms with Crippen LogP contribution in [-0.2, 0) is 13.1 Å². The maximum atomic E-state index is 11.3. The fourth-order valence-corrected chi connectivity index (χ4v) is 2.19. The van der Waals surface area contributed by atoms with Gasteiger partial charge in [0.25, 0.3) is 0 Å². The summed E-state index contributed by atoms with van der Waals surface area (Å²) in [6.07, 6.45) is 3.15. The topological polar surface area (TPSA) is 88.2 Å². The number of nitrogens with zero attached hydrogens (tertiary/aromatic N) is 2. The molecular weight excluding hydrogens is 270 g/mol. The van der Waals surface area contributed by atoms with E-state index in [1.54, 1.807) is 18.3 Å². The first-order valence-corrected chi connectivity index (χ1v) is 6.45. The first kappa shape index (κ1) is 13.3. The minimum absolute atomic E-state index is 0.0219. The molecule has 2 heterocycles. The number of hydrogen-bond donors (Lipinski definition) is 2. The number of carboxylic acid groups (broad SMARTS) is 1. The Labute approximate surface area is 120 Å². The van der Waals surface area contributed by atoms with E-state index in [2.05, 4.69) is 15.3 Å². The van der Waals surface area contributed by atoms with Gasteiger partial charge in [0.2, 0.25) is 5.76 Å². The van der Waals surface area contributed by atoms with E-state index in [1.807, 2.05) is 18.2 Å². The number of hydrogen-bond acceptors (Lipinski definition) is 5. The Hall–Kier alpha value is -2.73. The van der Waals surface area contributed by atoms with Gasteiger partial charge >= 0.3 is 5.97 Å². The number of benzene rings is 1. The predicted octanol–water partition coefficient (Wildman–Crippen LogP) is 2.21. The van der Waals surface area contributed by atoms with E-state index in [4.69, 9.17) is 4.42 Å². The minimum Gasteiger partial charge on any atom is -0.475 e. The Kier molecular flexibility index (Phi) is 3.61. The van der Waals surface area contributed by atoms with Crippen LogP contribution < -0.4 is 5.32 Å². The third-order valence-electron chi connectivity index (χ3n) is 3.14. The molecule has 0 fully saturated rings. The number of nitrogens with one attached hydrogen (secondary N) is 1. The molecule has 0 bridgehead atoms. The molecule has 6 nitrogen and oxygen atoms in total. The van der Waals surface area contributed by atoms with Gasteiger partial charge in [0.15, 0.2) is 0 Å². The van der Waals surface area contributed by atoms with Crippen molar-refractivity contribution < 1.29 is 14.3 Å². The smallest absolute Gasteiger partial charge is 0.372 e. The van der Waals surface area contributed by atoms with Crippen molar-refractivity contribution in [3.05, 3.63) is 59.9 Å². The molecule has 0 radical (unpaired) electrons. The van der Waals surface area contributed by atoms with Gasteiger partial charge in [-0.25, -0.2) is 14.8 Å². The highest BCUT2D eigenvalue weighted by molar-refractivity contribution is 5.95. The van der Waals surface area contributed by atoms with Crippen molar-refractivity contribution in [1.82, 2.24) is 15.3 Å². The second-order valence-corrected chi connectivity index (χ2v) is 4.52. The van der Waals surface area contributed by atoms with Crippen molar-refractivity contribution in [2.24, 2.45) is 0 Å². The van der Waals surface area contributed by atoms with Crippen LogP contribution in [0.3, 0.4) is 0 Å². The fourth-order valence-electron chi connectivity index (χ4n) is 2.19. The molecule has 0 aliphatic rings. The first-order chi connectivity index (χ1) is 10.3. The van der Waals surface area contributed by atoms with Gasteiger partial charge in [0.1, 0.15) is 11.9 Å². The summed E-state index contributed by atoms with van der Waals surface area (Å²) in [5.41, 5.74) is 2.07. The van der Waals surface area contributed by atoms with Gasteiger partial charge in [0, 0.05) is 30.2 Å². The van der Waals surface area contributed by atoms with E-state index in [1.165, 1.54) is 6.33 Å². The number of aromatic carboxylic acids is 1. The second-order valence-electron chi connectivity index (χ2n) is 4.52. The van der Waals surface area contributed by atoms with Crippen molar-refractivity contribution >= 4 is 16.9 Å². The van der Waals surface area contributed by atoms with Crippen molar-refractivity contribution in [2.45, 2.75) is 13.1 Å². The summed E-state index contributed by atoms with van der Waals surface area (Å²) < 4.78 is 5.40. The van der Waals surface area contributed by atoms with Gasteiger partial charge < -0.3 is 14.8 Å². The van der Waals surface area contributed by atoms with Crippen LogP contribution in [0.15, 0.2) is 47.3 Å². The van der Waals surface area contributed by atoms with Gasteiger partial charge in [-0.05, 0) is 12.1 Å². The van der Waals surface area contributed by atoms with E-state index < -0.39 is 5.97 Å². The quantitative estimate of drug-likeness (QED) is 0.746. The molecule has 0 spiro atoms. The lowest BCUT2D eigenvalue weighted by Gasteiger charge is -2.03. The number of carboxylic acids is 1. The van der Waals surface area contributed by atoms with E-state index in [0.29, 0.717) is 24.2 Å². The Bertz CT molecular complexity index is 768. The van der Waals surface area contributed by atoms with Gasteiger partial charge in [-0.15, -0.1) is 0 Å². The normalized spacial score (nSPS) is 10.9. The lowest BCUT2D eigenvalue weighted by atomic mass is 10.1. The molecular formula is C15H13N3O3. The number of aromatic nitrogens is 2. The van der Waals surface area contributed by atoms with Crippen LogP contribution in [0.5, 0.6) is 0 Å². The zero-order chi connectivity index (χ0) is 14.7. The molecule has 21 heavy (non-hydrogen) atoms. The van der Waals surface area contributed by atoms with Gasteiger partial charge in [0.05, 0.1) is 5.69 Å². The van der Waals surface area contributed by atoms with E-state index >= 15 is 0 Å². The third kappa shape index (κ3) is 2.75. The lowest BCUT2D eigenvalue weighted by Crippen LogP contribution is -2.15. The van der Waals surface area contributed by atoms with Crippen molar-refractivity contribution in [2.75, 3.05) is 0 Å². The standard InChI is InChI=1S/C15H13N3O3/c19-15(20)14-12(11-3-1-2-4-13(11)21-14)8-17-7-10-5-6-16-9-18-10/h1-6,9,17H,7-8H2,(H,19,20). The van der Waals surface area contributed by atoms with Crippen molar-refractivity contribution in [1.29, 1.82) is 0 Å². The maximum absolute atomic E-state index is 11.3. The van der Waals surface area contributed by atoms with Crippen molar-refractivity contribution in [3.63, 3.8) is 0 Å². The van der Waals surface area contributed by atoms with Gasteiger partial charge in [-0.3, -0.25) is 0 Å². The molecule has 0 amide bonds. The number of furan rings is 1. The Morgan fingerprint density at radius 1 is 1.24 bits per heavy atom. The van der Waals surface area contributed by atoms with E-state index in [9.17, 15) is 9.90 Å². The average molecular weight is 283 g/mol.